The first-order chi connectivity index (χ1) is 11.0. The summed E-state index contributed by atoms with van der Waals surface area (Å²) in [5.41, 5.74) is 1.32. The van der Waals surface area contributed by atoms with E-state index in [-0.39, 0.29) is 11.5 Å². The van der Waals surface area contributed by atoms with Gasteiger partial charge in [-0.15, -0.1) is 0 Å². The van der Waals surface area contributed by atoms with Gasteiger partial charge in [-0.25, -0.2) is 0 Å². The number of hydrogen-bond acceptors (Lipinski definition) is 5. The van der Waals surface area contributed by atoms with E-state index in [4.69, 9.17) is 12.2 Å². The molecule has 5 nitrogen and oxygen atoms in total. The maximum Gasteiger partial charge on any atom is 0.270 e. The molecule has 1 aliphatic heterocycles. The van der Waals surface area contributed by atoms with Gasteiger partial charge in [-0.3, -0.25) is 9.69 Å². The fraction of sp³-hybridized carbons (Fsp3) is 0.0625. The quantitative estimate of drug-likeness (QED) is 0.628. The van der Waals surface area contributed by atoms with Gasteiger partial charge in [0.25, 0.3) is 5.91 Å². The second-order valence-electron chi connectivity index (χ2n) is 4.97. The smallest absolute Gasteiger partial charge is 0.270 e. The number of hydrogen-bond donors (Lipinski definition) is 0. The average Bonchev–Trinajstić information content (AvgIpc) is 3.03. The van der Waals surface area contributed by atoms with E-state index in [1.54, 1.807) is 18.2 Å². The Morgan fingerprint density at radius 3 is 2.78 bits per heavy atom. The summed E-state index contributed by atoms with van der Waals surface area (Å²) in [7, 11) is 1.90. The van der Waals surface area contributed by atoms with Crippen molar-refractivity contribution in [1.82, 2.24) is 4.57 Å². The Bertz CT molecular complexity index is 855. The minimum atomic E-state index is -1.29. The number of rotatable bonds is 3. The van der Waals surface area contributed by atoms with Crippen molar-refractivity contribution in [1.29, 1.82) is 0 Å². The fourth-order valence-corrected chi connectivity index (χ4v) is 3.52. The zero-order valence-electron chi connectivity index (χ0n) is 12.1. The molecule has 7 heteroatoms. The van der Waals surface area contributed by atoms with Gasteiger partial charge < -0.3 is 14.5 Å². The number of carboxylic acids is 1. The van der Waals surface area contributed by atoms with Crippen molar-refractivity contribution in [2.24, 2.45) is 7.05 Å². The molecule has 1 fully saturated rings. The fourth-order valence-electron chi connectivity index (χ4n) is 2.22. The molecule has 1 amide bonds. The molecule has 23 heavy (non-hydrogen) atoms. The van der Waals surface area contributed by atoms with Gasteiger partial charge in [-0.05, 0) is 35.4 Å². The molecule has 0 saturated carbocycles. The van der Waals surface area contributed by atoms with Crippen molar-refractivity contribution < 1.29 is 14.7 Å². The zero-order chi connectivity index (χ0) is 16.6. The molecule has 0 atom stereocenters. The molecule has 1 aromatic carbocycles. The van der Waals surface area contributed by atoms with Crippen molar-refractivity contribution in [3.8, 4) is 0 Å². The highest BCUT2D eigenvalue weighted by Gasteiger charge is 2.33. The lowest BCUT2D eigenvalue weighted by molar-refractivity contribution is -0.255. The van der Waals surface area contributed by atoms with Gasteiger partial charge in [-0.2, -0.15) is 0 Å². The Labute approximate surface area is 142 Å². The van der Waals surface area contributed by atoms with Crippen LogP contribution in [0.3, 0.4) is 0 Å². The molecule has 0 radical (unpaired) electrons. The van der Waals surface area contributed by atoms with E-state index < -0.39 is 5.97 Å². The largest absolute Gasteiger partial charge is 0.545 e. The number of carbonyl (C=O) groups excluding carboxylic acids is 2. The molecule has 3 rings (SSSR count). The van der Waals surface area contributed by atoms with Gasteiger partial charge in [0.1, 0.15) is 0 Å². The summed E-state index contributed by atoms with van der Waals surface area (Å²) in [5.74, 6) is -1.56. The molecule has 1 saturated heterocycles. The average molecular weight is 343 g/mol. The topological polar surface area (TPSA) is 65.4 Å². The molecule has 2 aromatic rings. The lowest BCUT2D eigenvalue weighted by Gasteiger charge is -2.15. The molecule has 0 bridgehead atoms. The minimum Gasteiger partial charge on any atom is -0.545 e. The number of aromatic nitrogens is 1. The summed E-state index contributed by atoms with van der Waals surface area (Å²) < 4.78 is 2.25. The predicted octanol–water partition coefficient (Wildman–Crippen LogP) is 1.79. The van der Waals surface area contributed by atoms with Crippen LogP contribution in [0.2, 0.25) is 0 Å². The number of nitrogens with zero attached hydrogens (tertiary/aromatic N) is 2. The molecule has 0 spiro atoms. The van der Waals surface area contributed by atoms with Crippen LogP contribution in [0.1, 0.15) is 15.9 Å². The molecule has 0 aliphatic carbocycles. The van der Waals surface area contributed by atoms with Crippen LogP contribution >= 0.6 is 24.0 Å². The number of anilines is 1. The zero-order valence-corrected chi connectivity index (χ0v) is 13.7. The standard InChI is InChI=1S/C16H12N2O3S2/c1-17-6-5-10(9-17)7-13-14(19)18(16(22)23-13)12-4-2-3-11(8-12)15(20)21/h2-9H,1H3,(H,20,21)/p-1/b13-7+. The summed E-state index contributed by atoms with van der Waals surface area (Å²) in [6.45, 7) is 0. The lowest BCUT2D eigenvalue weighted by atomic mass is 10.2. The molecule has 2 heterocycles. The Balaban J connectivity index is 1.94. The third-order valence-electron chi connectivity index (χ3n) is 3.29. The molecule has 1 aromatic heterocycles. The Hall–Kier alpha value is -2.38. The third-order valence-corrected chi connectivity index (χ3v) is 4.59. The number of thiocarbonyl (C=S) groups is 1. The van der Waals surface area contributed by atoms with Gasteiger partial charge in [0.05, 0.1) is 16.6 Å². The molecule has 0 unspecified atom stereocenters. The molecular formula is C16H11N2O3S2-. The van der Waals surface area contributed by atoms with Gasteiger partial charge in [-0.1, -0.05) is 36.1 Å². The van der Waals surface area contributed by atoms with Crippen molar-refractivity contribution in [3.05, 3.63) is 58.8 Å². The molecule has 1 aliphatic rings. The van der Waals surface area contributed by atoms with E-state index in [0.29, 0.717) is 14.9 Å². The van der Waals surface area contributed by atoms with E-state index in [1.807, 2.05) is 30.1 Å². The monoisotopic (exact) mass is 343 g/mol. The second kappa shape index (κ2) is 6.02. The second-order valence-corrected chi connectivity index (χ2v) is 6.64. The number of thioether (sulfide) groups is 1. The number of amides is 1. The van der Waals surface area contributed by atoms with Gasteiger partial charge in [0, 0.05) is 19.4 Å². The summed E-state index contributed by atoms with van der Waals surface area (Å²) in [5, 5.41) is 11.0. The van der Waals surface area contributed by atoms with Crippen LogP contribution < -0.4 is 10.0 Å². The highest BCUT2D eigenvalue weighted by atomic mass is 32.2. The summed E-state index contributed by atoms with van der Waals surface area (Å²) in [6.07, 6.45) is 5.54. The maximum atomic E-state index is 12.6. The predicted molar refractivity (Wildman–Crippen MR) is 91.8 cm³/mol. The van der Waals surface area contributed by atoms with Crippen LogP contribution in [0.25, 0.3) is 6.08 Å². The minimum absolute atomic E-state index is 0.00332. The molecular weight excluding hydrogens is 332 g/mol. The lowest BCUT2D eigenvalue weighted by Crippen LogP contribution is -2.28. The first-order valence-corrected chi connectivity index (χ1v) is 7.89. The highest BCUT2D eigenvalue weighted by molar-refractivity contribution is 8.27. The number of benzene rings is 1. The van der Waals surface area contributed by atoms with Crippen molar-refractivity contribution >= 4 is 51.9 Å². The number of aromatic carboxylic acids is 1. The van der Waals surface area contributed by atoms with Gasteiger partial charge in [0.2, 0.25) is 0 Å². The molecule has 116 valence electrons. The van der Waals surface area contributed by atoms with E-state index in [0.717, 1.165) is 5.56 Å². The first-order valence-electron chi connectivity index (χ1n) is 6.67. The van der Waals surface area contributed by atoms with E-state index in [1.165, 1.54) is 28.8 Å². The van der Waals surface area contributed by atoms with E-state index >= 15 is 0 Å². The Morgan fingerprint density at radius 1 is 1.35 bits per heavy atom. The van der Waals surface area contributed by atoms with Crippen molar-refractivity contribution in [2.45, 2.75) is 0 Å². The Morgan fingerprint density at radius 2 is 2.13 bits per heavy atom. The van der Waals surface area contributed by atoms with Crippen LogP contribution in [0.5, 0.6) is 0 Å². The Kier molecular flexibility index (Phi) is 4.06. The van der Waals surface area contributed by atoms with Gasteiger partial charge >= 0.3 is 0 Å². The first kappa shape index (κ1) is 15.5. The number of aryl methyl sites for hydroxylation is 1. The van der Waals surface area contributed by atoms with Crippen LogP contribution in [0.15, 0.2) is 47.6 Å². The van der Waals surface area contributed by atoms with Crippen molar-refractivity contribution in [3.63, 3.8) is 0 Å². The third kappa shape index (κ3) is 3.06. The van der Waals surface area contributed by atoms with Crippen LogP contribution in [0, 0.1) is 0 Å². The number of carboxylic acid groups (broad SMARTS) is 1. The van der Waals surface area contributed by atoms with Crippen LogP contribution in [-0.2, 0) is 11.8 Å². The highest BCUT2D eigenvalue weighted by Crippen LogP contribution is 2.36. The van der Waals surface area contributed by atoms with Crippen LogP contribution in [-0.4, -0.2) is 20.8 Å². The van der Waals surface area contributed by atoms with Crippen LogP contribution in [0.4, 0.5) is 5.69 Å². The SMILES string of the molecule is Cn1ccc(/C=C2/SC(=S)N(c3cccc(C(=O)[O-])c3)C2=O)c1. The maximum absolute atomic E-state index is 12.6. The van der Waals surface area contributed by atoms with E-state index in [2.05, 4.69) is 0 Å². The normalized spacial score (nSPS) is 16.4. The van der Waals surface area contributed by atoms with Gasteiger partial charge in [0.15, 0.2) is 4.32 Å². The number of carbonyl (C=O) groups is 2. The summed E-state index contributed by atoms with van der Waals surface area (Å²) >= 11 is 6.46. The summed E-state index contributed by atoms with van der Waals surface area (Å²) in [4.78, 5) is 25.4. The van der Waals surface area contributed by atoms with E-state index in [9.17, 15) is 14.7 Å². The summed E-state index contributed by atoms with van der Waals surface area (Å²) in [6, 6.07) is 7.88. The van der Waals surface area contributed by atoms with Crippen molar-refractivity contribution in [2.75, 3.05) is 4.90 Å². The molecule has 0 N–H and O–H groups in total.